The number of rotatable bonds is 10. The summed E-state index contributed by atoms with van der Waals surface area (Å²) < 4.78 is 0.0658. The minimum Gasteiger partial charge on any atom is -0.388 e. The van der Waals surface area contributed by atoms with Crippen molar-refractivity contribution >= 4 is 62.7 Å². The lowest BCUT2D eigenvalue weighted by Crippen LogP contribution is -2.28. The van der Waals surface area contributed by atoms with Gasteiger partial charge in [-0.15, -0.1) is 5.10 Å². The predicted molar refractivity (Wildman–Crippen MR) is 139 cm³/mol. The number of amidine groups is 1. The van der Waals surface area contributed by atoms with E-state index in [1.165, 1.54) is 12.4 Å². The number of aromatic amines is 3. The molecule has 0 spiro atoms. The summed E-state index contributed by atoms with van der Waals surface area (Å²) in [7, 11) is 0. The Hall–Kier alpha value is -4.73. The number of aromatic nitrogens is 5. The zero-order valence-corrected chi connectivity index (χ0v) is 21.3. The Labute approximate surface area is 218 Å². The summed E-state index contributed by atoms with van der Waals surface area (Å²) in [4.78, 5) is 58.9. The van der Waals surface area contributed by atoms with Crippen LogP contribution in [-0.2, 0) is 4.79 Å². The van der Waals surface area contributed by atoms with Crippen molar-refractivity contribution in [3.8, 4) is 0 Å². The van der Waals surface area contributed by atoms with Crippen LogP contribution in [0.2, 0.25) is 0 Å². The first-order valence-electron chi connectivity index (χ1n) is 10.7. The number of carbonyl (C=O) groups excluding carboxylic acids is 4. The van der Waals surface area contributed by atoms with Crippen molar-refractivity contribution in [1.82, 2.24) is 30.5 Å². The molecule has 0 aliphatic heterocycles. The van der Waals surface area contributed by atoms with E-state index in [1.54, 1.807) is 13.8 Å². The minimum atomic E-state index is -0.651. The van der Waals surface area contributed by atoms with E-state index in [4.69, 9.17) is 11.1 Å². The Bertz CT molecular complexity index is 1400. The summed E-state index contributed by atoms with van der Waals surface area (Å²) in [5, 5.41) is 23.7. The first-order chi connectivity index (χ1) is 17.5. The van der Waals surface area contributed by atoms with Gasteiger partial charge in [0.2, 0.25) is 11.8 Å². The number of nitrogens with one attached hydrogen (secondary N) is 8. The monoisotopic (exact) mass is 573 g/mol. The molecule has 3 heterocycles. The maximum atomic E-state index is 12.9. The van der Waals surface area contributed by atoms with Gasteiger partial charge in [-0.2, -0.15) is 4.98 Å². The number of nitrogens with two attached hydrogens (primary N) is 1. The van der Waals surface area contributed by atoms with Crippen LogP contribution in [0.4, 0.5) is 17.3 Å². The lowest BCUT2D eigenvalue weighted by atomic mass is 10.2. The van der Waals surface area contributed by atoms with E-state index in [2.05, 4.69) is 68.9 Å². The van der Waals surface area contributed by atoms with Crippen molar-refractivity contribution in [3.05, 3.63) is 51.8 Å². The van der Waals surface area contributed by atoms with Gasteiger partial charge in [0.05, 0.1) is 21.7 Å². The molecule has 3 aromatic rings. The fraction of sp³-hybridized carbons (Fsp3) is 0.190. The van der Waals surface area contributed by atoms with Gasteiger partial charge in [-0.05, 0) is 29.8 Å². The van der Waals surface area contributed by atoms with Gasteiger partial charge in [-0.1, -0.05) is 6.58 Å². The van der Waals surface area contributed by atoms with Gasteiger partial charge in [-0.25, -0.2) is 0 Å². The quantitative estimate of drug-likeness (QED) is 0.0981. The topological polar surface area (TPSA) is 239 Å². The predicted octanol–water partition coefficient (Wildman–Crippen LogP) is 1.49. The highest BCUT2D eigenvalue weighted by atomic mass is 79.9. The molecule has 0 saturated heterocycles. The maximum absolute atomic E-state index is 12.9. The van der Waals surface area contributed by atoms with E-state index in [-0.39, 0.29) is 46.4 Å². The second-order valence-electron chi connectivity index (χ2n) is 7.71. The molecule has 37 heavy (non-hydrogen) atoms. The average Bonchev–Trinajstić information content (AvgIpc) is 3.53. The molecular weight excluding hydrogens is 550 g/mol. The van der Waals surface area contributed by atoms with Crippen molar-refractivity contribution < 1.29 is 19.2 Å². The van der Waals surface area contributed by atoms with Crippen LogP contribution >= 0.6 is 15.9 Å². The Morgan fingerprint density at radius 2 is 1.57 bits per heavy atom. The molecule has 0 saturated carbocycles. The molecule has 0 radical (unpaired) electrons. The number of hydrogen-bond acceptors (Lipinski definition) is 7. The first kappa shape index (κ1) is 26.9. The van der Waals surface area contributed by atoms with Crippen LogP contribution in [0.3, 0.4) is 0 Å². The fourth-order valence-corrected chi connectivity index (χ4v) is 3.18. The third-order valence-electron chi connectivity index (χ3n) is 5.08. The maximum Gasteiger partial charge on any atom is 0.293 e. The van der Waals surface area contributed by atoms with Crippen molar-refractivity contribution in [2.45, 2.75) is 20.3 Å². The van der Waals surface area contributed by atoms with Gasteiger partial charge in [0, 0.05) is 36.5 Å². The molecule has 10 N–H and O–H groups in total. The molecule has 0 fully saturated rings. The molecule has 16 heteroatoms. The minimum absolute atomic E-state index is 0.0377. The van der Waals surface area contributed by atoms with E-state index in [0.29, 0.717) is 22.5 Å². The third kappa shape index (κ3) is 6.49. The molecule has 3 rings (SSSR count). The zero-order chi connectivity index (χ0) is 27.3. The van der Waals surface area contributed by atoms with Crippen LogP contribution in [-0.4, -0.2) is 61.2 Å². The van der Waals surface area contributed by atoms with Gasteiger partial charge in [-0.3, -0.25) is 35.0 Å². The molecule has 0 bridgehead atoms. The van der Waals surface area contributed by atoms with E-state index in [0.717, 1.165) is 0 Å². The van der Waals surface area contributed by atoms with Gasteiger partial charge >= 0.3 is 0 Å². The number of H-pyrrole nitrogens is 3. The molecule has 15 nitrogen and oxygen atoms in total. The Balaban J connectivity index is 1.64. The standard InChI is InChI=1S/C21H24BrN11O4/c1-8-11(6-26-14(8)18(35)25-5-4-13(23)24)28-19(36)15-9(2)12(7-27-15)29-20(37)16-30-21(33-32-16)31-17(34)10(3)22/h6-7,26-27H,3-5H2,1-2H3,(H3,23,24)(H,25,35)(H,28,36)(H,29,37)(H2,30,31,32,33,34). The van der Waals surface area contributed by atoms with Gasteiger partial charge in [0.15, 0.2) is 0 Å². The molecule has 0 aliphatic rings. The largest absolute Gasteiger partial charge is 0.388 e. The summed E-state index contributed by atoms with van der Waals surface area (Å²) in [5.41, 5.74) is 7.41. The van der Waals surface area contributed by atoms with Gasteiger partial charge < -0.3 is 31.7 Å². The highest BCUT2D eigenvalue weighted by Crippen LogP contribution is 2.23. The molecule has 3 aromatic heterocycles. The Morgan fingerprint density at radius 3 is 2.14 bits per heavy atom. The van der Waals surface area contributed by atoms with E-state index in [9.17, 15) is 19.2 Å². The average molecular weight is 574 g/mol. The highest BCUT2D eigenvalue weighted by molar-refractivity contribution is 9.12. The third-order valence-corrected chi connectivity index (χ3v) is 5.44. The van der Waals surface area contributed by atoms with Crippen molar-refractivity contribution in [1.29, 1.82) is 5.41 Å². The molecule has 4 amide bonds. The normalized spacial score (nSPS) is 10.5. The fourth-order valence-electron chi connectivity index (χ4n) is 3.08. The second kappa shape index (κ2) is 11.3. The van der Waals surface area contributed by atoms with Gasteiger partial charge in [0.25, 0.3) is 23.6 Å². The summed E-state index contributed by atoms with van der Waals surface area (Å²) in [5.74, 6) is -2.43. The van der Waals surface area contributed by atoms with Crippen LogP contribution in [0.1, 0.15) is 49.1 Å². The van der Waals surface area contributed by atoms with Crippen molar-refractivity contribution in [2.24, 2.45) is 5.73 Å². The molecule has 0 aromatic carbocycles. The van der Waals surface area contributed by atoms with E-state index >= 15 is 0 Å². The molecule has 0 unspecified atom stereocenters. The zero-order valence-electron chi connectivity index (χ0n) is 19.8. The van der Waals surface area contributed by atoms with Crippen molar-refractivity contribution in [3.63, 3.8) is 0 Å². The summed E-state index contributed by atoms with van der Waals surface area (Å²) in [6.07, 6.45) is 3.15. The van der Waals surface area contributed by atoms with Crippen molar-refractivity contribution in [2.75, 3.05) is 22.5 Å². The lowest BCUT2D eigenvalue weighted by Gasteiger charge is -2.07. The van der Waals surface area contributed by atoms with Crippen LogP contribution in [0.25, 0.3) is 0 Å². The first-order valence-corrected chi connectivity index (χ1v) is 11.4. The van der Waals surface area contributed by atoms with E-state index in [1.807, 2.05) is 0 Å². The van der Waals surface area contributed by atoms with Crippen LogP contribution in [0, 0.1) is 19.3 Å². The number of amides is 4. The lowest BCUT2D eigenvalue weighted by molar-refractivity contribution is -0.112. The summed E-state index contributed by atoms with van der Waals surface area (Å²) >= 11 is 2.93. The van der Waals surface area contributed by atoms with Crippen LogP contribution in [0.15, 0.2) is 23.5 Å². The summed E-state index contributed by atoms with van der Waals surface area (Å²) in [6.45, 7) is 6.93. The number of halogens is 1. The number of nitrogens with zero attached hydrogens (tertiary/aromatic N) is 2. The molecule has 194 valence electrons. The van der Waals surface area contributed by atoms with Crippen LogP contribution in [0.5, 0.6) is 0 Å². The highest BCUT2D eigenvalue weighted by Gasteiger charge is 2.21. The number of hydrogen-bond donors (Lipinski definition) is 9. The Kier molecular flexibility index (Phi) is 8.23. The number of carbonyl (C=O) groups is 4. The smallest absolute Gasteiger partial charge is 0.293 e. The number of anilines is 3. The van der Waals surface area contributed by atoms with E-state index < -0.39 is 23.6 Å². The summed E-state index contributed by atoms with van der Waals surface area (Å²) in [6, 6.07) is 0. The van der Waals surface area contributed by atoms with Gasteiger partial charge in [0.1, 0.15) is 11.4 Å². The molecular formula is C21H24BrN11O4. The molecule has 0 aliphatic carbocycles. The second-order valence-corrected chi connectivity index (χ2v) is 8.67. The SMILES string of the molecule is C=C(Br)C(=O)Nc1n[nH]c(C(=O)Nc2c[nH]c(C(=O)Nc3c[nH]c(C(=O)NCCC(=N)N)c3C)c2C)n1. The molecule has 0 atom stereocenters. The Morgan fingerprint density at radius 1 is 1.00 bits per heavy atom. The van der Waals surface area contributed by atoms with Crippen LogP contribution < -0.4 is 27.0 Å².